The van der Waals surface area contributed by atoms with Crippen LogP contribution in [-0.4, -0.2) is 117 Å². The molecule has 1 fully saturated rings. The van der Waals surface area contributed by atoms with Gasteiger partial charge in [-0.2, -0.15) is 0 Å². The van der Waals surface area contributed by atoms with Crippen LogP contribution in [0.4, 0.5) is 0 Å². The van der Waals surface area contributed by atoms with E-state index in [0.29, 0.717) is 54.0 Å². The average molecular weight is 1300 g/mol. The van der Waals surface area contributed by atoms with Gasteiger partial charge in [0.1, 0.15) is 23.0 Å². The van der Waals surface area contributed by atoms with E-state index in [-0.39, 0.29) is 0 Å². The van der Waals surface area contributed by atoms with Crippen LogP contribution < -0.4 is 28.4 Å². The van der Waals surface area contributed by atoms with E-state index in [1.165, 1.54) is 15.9 Å². The summed E-state index contributed by atoms with van der Waals surface area (Å²) in [5.41, 5.74) is 2.06. The van der Waals surface area contributed by atoms with Crippen molar-refractivity contribution in [3.63, 3.8) is 0 Å². The van der Waals surface area contributed by atoms with Gasteiger partial charge in [-0.3, -0.25) is 14.9 Å². The minimum atomic E-state index is 0.459. The molecule has 1 aliphatic rings. The summed E-state index contributed by atoms with van der Waals surface area (Å²) in [6.07, 6.45) is 15.9. The maximum absolute atomic E-state index is 5.65. The molecule has 10 rings (SSSR count). The van der Waals surface area contributed by atoms with E-state index in [1.807, 2.05) is 111 Å². The second-order valence-corrected chi connectivity index (χ2v) is 27.4. The first-order valence-electron chi connectivity index (χ1n) is 32.5. The molecule has 7 heterocycles. The molecule has 504 valence electrons. The topological polar surface area (TPSA) is 163 Å². The van der Waals surface area contributed by atoms with Crippen LogP contribution in [0.15, 0.2) is 159 Å². The molecular formula is C74H109N9O7S2. The Morgan fingerprint density at radius 1 is 0.424 bits per heavy atom. The molecule has 3 aromatic carbocycles. The number of nitrogens with zero attached hydrogens (tertiary/aromatic N) is 9. The Kier molecular flexibility index (Phi) is 40.9. The third-order valence-corrected chi connectivity index (χ3v) is 13.5. The van der Waals surface area contributed by atoms with Gasteiger partial charge in [-0.1, -0.05) is 152 Å². The molecule has 16 nitrogen and oxygen atoms in total. The molecule has 0 bridgehead atoms. The number of morpholine rings is 1. The number of hydrogen-bond acceptors (Lipinski definition) is 17. The summed E-state index contributed by atoms with van der Waals surface area (Å²) in [5.74, 6) is 8.40. The van der Waals surface area contributed by atoms with Crippen molar-refractivity contribution in [2.24, 2.45) is 47.3 Å². The second kappa shape index (κ2) is 47.6. The molecule has 1 aliphatic heterocycles. The number of ether oxygens (including phenoxy) is 7. The number of fused-ring (bicyclic) bond motifs is 2. The average Bonchev–Trinajstić information content (AvgIpc) is 1.79. The number of hydrogen-bond donors (Lipinski definition) is 0. The van der Waals surface area contributed by atoms with Gasteiger partial charge in [0.2, 0.25) is 0 Å². The summed E-state index contributed by atoms with van der Waals surface area (Å²) < 4.78 is 42.5. The number of thiazole rings is 2. The van der Waals surface area contributed by atoms with Gasteiger partial charge in [-0.15, -0.1) is 11.3 Å². The third-order valence-electron chi connectivity index (χ3n) is 11.6. The Hall–Kier alpha value is -7.25. The van der Waals surface area contributed by atoms with E-state index in [9.17, 15) is 0 Å². The quantitative estimate of drug-likeness (QED) is 0.0629. The fourth-order valence-electron chi connectivity index (χ4n) is 7.41. The predicted octanol–water partition coefficient (Wildman–Crippen LogP) is 17.9. The lowest BCUT2D eigenvalue weighted by atomic mass is 10.2. The highest BCUT2D eigenvalue weighted by Gasteiger charge is 2.11. The van der Waals surface area contributed by atoms with Crippen LogP contribution in [0.25, 0.3) is 20.4 Å². The Labute approximate surface area is 559 Å². The van der Waals surface area contributed by atoms with Crippen molar-refractivity contribution in [2.75, 3.05) is 72.5 Å². The molecule has 0 saturated carbocycles. The first-order chi connectivity index (χ1) is 44.1. The second-order valence-electron chi connectivity index (χ2n) is 25.2. The lowest BCUT2D eigenvalue weighted by molar-refractivity contribution is 0.0329. The summed E-state index contributed by atoms with van der Waals surface area (Å²) in [5, 5.41) is 1.88. The van der Waals surface area contributed by atoms with Crippen LogP contribution in [0.1, 0.15) is 116 Å². The molecule has 6 aromatic heterocycles. The molecule has 0 atom stereocenters. The van der Waals surface area contributed by atoms with Crippen LogP contribution in [0.2, 0.25) is 0 Å². The highest BCUT2D eigenvalue weighted by atomic mass is 32.1. The maximum Gasteiger partial charge on any atom is 0.316 e. The lowest BCUT2D eigenvalue weighted by Gasteiger charge is -2.27. The zero-order valence-corrected chi connectivity index (χ0v) is 59.9. The molecule has 1 saturated heterocycles. The molecule has 0 spiro atoms. The number of aromatic nitrogens is 8. The Bertz CT molecular complexity index is 2920. The van der Waals surface area contributed by atoms with Crippen LogP contribution in [0.5, 0.6) is 34.2 Å². The van der Waals surface area contributed by atoms with E-state index >= 15 is 0 Å². The van der Waals surface area contributed by atoms with Crippen LogP contribution in [-0.2, 0) is 11.3 Å². The highest BCUT2D eigenvalue weighted by Crippen LogP contribution is 2.28. The highest BCUT2D eigenvalue weighted by molar-refractivity contribution is 7.20. The van der Waals surface area contributed by atoms with E-state index in [1.54, 1.807) is 65.9 Å². The van der Waals surface area contributed by atoms with Gasteiger partial charge in [0.05, 0.1) is 97.0 Å². The van der Waals surface area contributed by atoms with Gasteiger partial charge in [0, 0.05) is 69.4 Å². The molecular weight excluding hydrogens is 1190 g/mol. The van der Waals surface area contributed by atoms with Crippen molar-refractivity contribution >= 4 is 43.1 Å². The molecule has 18 heteroatoms. The van der Waals surface area contributed by atoms with Crippen molar-refractivity contribution in [2.45, 2.75) is 124 Å². The molecule has 92 heavy (non-hydrogen) atoms. The van der Waals surface area contributed by atoms with Gasteiger partial charge in [-0.05, 0) is 121 Å². The van der Waals surface area contributed by atoms with E-state index in [2.05, 4.69) is 167 Å². The van der Waals surface area contributed by atoms with Crippen LogP contribution in [0.3, 0.4) is 0 Å². The zero-order valence-electron chi connectivity index (χ0n) is 58.3. The summed E-state index contributed by atoms with van der Waals surface area (Å²) in [6, 6.07) is 33.9. The van der Waals surface area contributed by atoms with Crippen molar-refractivity contribution in [3.8, 4) is 34.2 Å². The van der Waals surface area contributed by atoms with Gasteiger partial charge in [0.25, 0.3) is 5.19 Å². The number of benzene rings is 3. The Morgan fingerprint density at radius 3 is 1.41 bits per heavy atom. The zero-order chi connectivity index (χ0) is 67.3. The Morgan fingerprint density at radius 2 is 0.913 bits per heavy atom. The van der Waals surface area contributed by atoms with E-state index in [0.717, 1.165) is 116 Å². The van der Waals surface area contributed by atoms with Crippen molar-refractivity contribution in [1.29, 1.82) is 0 Å². The third kappa shape index (κ3) is 39.9. The van der Waals surface area contributed by atoms with E-state index < -0.39 is 0 Å². The summed E-state index contributed by atoms with van der Waals surface area (Å²) in [6.45, 7) is 47.3. The normalized spacial score (nSPS) is 11.8. The number of pyridine rings is 2. The SMILES string of the molecule is CC(C)CN1CCOCC1.CC(C)COc1ccccc1.CC(C)COc1cccnc1.CC(C)COc1cccnc1.CC(C)COc1nc2ccccc2s1.CC(C)COc1ncccn1.CC(C)Cn1ccnc1.Cc1nc2cc(OCC(C)C)ccc2s1. The molecule has 0 unspecified atom stereocenters. The lowest BCUT2D eigenvalue weighted by Crippen LogP contribution is -2.38. The van der Waals surface area contributed by atoms with Gasteiger partial charge < -0.3 is 37.7 Å². The summed E-state index contributed by atoms with van der Waals surface area (Å²) in [7, 11) is 0. The summed E-state index contributed by atoms with van der Waals surface area (Å²) in [4.78, 5) is 30.9. The first-order valence-corrected chi connectivity index (χ1v) is 34.1. The minimum absolute atomic E-state index is 0.459. The fraction of sp³-hybridized carbons (Fsp3) is 0.500. The molecule has 9 aromatic rings. The number of imidazole rings is 1. The molecule has 0 N–H and O–H groups in total. The molecule has 0 amide bonds. The maximum atomic E-state index is 5.65. The van der Waals surface area contributed by atoms with Crippen LogP contribution in [0, 0.1) is 54.3 Å². The van der Waals surface area contributed by atoms with Crippen LogP contribution >= 0.6 is 22.7 Å². The predicted molar refractivity (Wildman–Crippen MR) is 382 cm³/mol. The van der Waals surface area contributed by atoms with Crippen molar-refractivity contribution < 1.29 is 33.2 Å². The van der Waals surface area contributed by atoms with Gasteiger partial charge in [0.15, 0.2) is 0 Å². The minimum Gasteiger partial charge on any atom is -0.493 e. The molecule has 0 radical (unpaired) electrons. The van der Waals surface area contributed by atoms with E-state index in [4.69, 9.17) is 33.2 Å². The molecule has 0 aliphatic carbocycles. The fourth-order valence-corrected chi connectivity index (χ4v) is 9.05. The van der Waals surface area contributed by atoms with Gasteiger partial charge >= 0.3 is 6.01 Å². The van der Waals surface area contributed by atoms with Gasteiger partial charge in [-0.25, -0.2) is 24.9 Å². The number of para-hydroxylation sites is 2. The van der Waals surface area contributed by atoms with Crippen molar-refractivity contribution in [3.05, 3.63) is 164 Å². The monoisotopic (exact) mass is 1300 g/mol. The number of rotatable bonds is 22. The number of aryl methyl sites for hydroxylation is 1. The largest absolute Gasteiger partial charge is 0.493 e. The summed E-state index contributed by atoms with van der Waals surface area (Å²) >= 11 is 3.32. The first kappa shape index (κ1) is 79.0. The smallest absolute Gasteiger partial charge is 0.316 e. The van der Waals surface area contributed by atoms with Crippen molar-refractivity contribution in [1.82, 2.24) is 44.4 Å². The standard InChI is InChI=1S/C12H15NOS.C11H13NOS.C10H14O.2C9H13NO.C8H12N2O.C8H17NO.C7H12N2/c1-8(2)7-14-10-4-5-12-11(6-10)13-9(3)15-12;1-8(2)7-13-11-12-9-5-3-4-6-10(9)14-11;1-9(2)8-11-10-6-4-3-5-7-10;2*1-8(2)7-11-9-4-3-5-10-6-9;1-7(2)6-11-8-9-4-3-5-10-8;1-8(2)7-9-3-5-10-6-4-9;1-7(2)5-9-4-3-8-6-9/h4-6,8H,7H2,1-3H3;3-6,8H,7H2,1-2H3;3-7,9H,8H2,1-2H3;2*3-6,8H,7H2,1-2H3;3-5,7H,6H2,1-2H3;8H,3-7H2,1-2H3;3-4,6-7H,5H2,1-2H3. The Balaban J connectivity index is 0.000000276.